The summed E-state index contributed by atoms with van der Waals surface area (Å²) in [4.78, 5) is 18.6. The van der Waals surface area contributed by atoms with E-state index in [0.29, 0.717) is 17.4 Å². The van der Waals surface area contributed by atoms with E-state index in [9.17, 15) is 4.79 Å². The number of amides is 1. The number of nitrogens with zero attached hydrogens (tertiary/aromatic N) is 5. The largest absolute Gasteiger partial charge is 0.447 e. The quantitative estimate of drug-likeness (QED) is 0.731. The molecule has 1 fully saturated rings. The normalized spacial score (nSPS) is 15.3. The van der Waals surface area contributed by atoms with Crippen molar-refractivity contribution in [3.05, 3.63) is 12.4 Å². The highest BCUT2D eigenvalue weighted by molar-refractivity contribution is 5.83. The molecule has 3 rings (SSSR count). The van der Waals surface area contributed by atoms with Crippen LogP contribution in [0, 0.1) is 0 Å². The maximum Gasteiger partial charge on any atom is 0.414 e. The van der Waals surface area contributed by atoms with E-state index in [2.05, 4.69) is 30.7 Å². The lowest BCUT2D eigenvalue weighted by Gasteiger charge is -2.26. The Labute approximate surface area is 153 Å². The Kier molecular flexibility index (Phi) is 6.21. The Morgan fingerprint density at radius 1 is 1.27 bits per heavy atom. The predicted molar refractivity (Wildman–Crippen MR) is 99.4 cm³/mol. The topological polar surface area (TPSA) is 96.7 Å². The van der Waals surface area contributed by atoms with Gasteiger partial charge in [-0.3, -0.25) is 9.72 Å². The van der Waals surface area contributed by atoms with Crippen molar-refractivity contribution in [2.24, 2.45) is 0 Å². The van der Waals surface area contributed by atoms with E-state index < -0.39 is 6.09 Å². The van der Waals surface area contributed by atoms with Crippen molar-refractivity contribution in [2.75, 3.05) is 36.8 Å². The number of rotatable bonds is 7. The molecule has 9 heteroatoms. The summed E-state index contributed by atoms with van der Waals surface area (Å²) >= 11 is 0. The molecule has 0 aliphatic carbocycles. The number of carbonyl (C=O) groups excluding carboxylic acids is 1. The molecule has 0 aromatic carbocycles. The van der Waals surface area contributed by atoms with Gasteiger partial charge in [0.15, 0.2) is 5.82 Å². The summed E-state index contributed by atoms with van der Waals surface area (Å²) in [6, 6.07) is 0. The van der Waals surface area contributed by atoms with Gasteiger partial charge in [0.05, 0.1) is 6.10 Å². The molecule has 2 N–H and O–H groups in total. The smallest absolute Gasteiger partial charge is 0.414 e. The van der Waals surface area contributed by atoms with Crippen LogP contribution in [0.4, 0.5) is 16.6 Å². The third kappa shape index (κ3) is 4.81. The lowest BCUT2D eigenvalue weighted by molar-refractivity contribution is 0.129. The fourth-order valence-electron chi connectivity index (χ4n) is 3.06. The molecule has 0 bridgehead atoms. The van der Waals surface area contributed by atoms with E-state index in [0.717, 1.165) is 19.5 Å². The third-order valence-electron chi connectivity index (χ3n) is 4.28. The molecule has 1 saturated heterocycles. The van der Waals surface area contributed by atoms with Crippen LogP contribution in [0.3, 0.4) is 0 Å². The van der Waals surface area contributed by atoms with Crippen molar-refractivity contribution in [3.8, 4) is 0 Å². The van der Waals surface area contributed by atoms with Gasteiger partial charge in [-0.15, -0.1) is 10.2 Å². The maximum atomic E-state index is 11.8. The lowest BCUT2D eigenvalue weighted by Crippen LogP contribution is -2.31. The van der Waals surface area contributed by atoms with Gasteiger partial charge in [0.1, 0.15) is 0 Å². The first-order valence-electron chi connectivity index (χ1n) is 9.27. The number of carbonyl (C=O) groups is 1. The minimum Gasteiger partial charge on any atom is -0.447 e. The zero-order valence-electron chi connectivity index (χ0n) is 15.4. The van der Waals surface area contributed by atoms with Gasteiger partial charge < -0.3 is 15.0 Å². The van der Waals surface area contributed by atoms with E-state index >= 15 is 0 Å². The van der Waals surface area contributed by atoms with Gasteiger partial charge in [0, 0.05) is 18.9 Å². The number of hydrogen-bond acceptors (Lipinski definition) is 7. The predicted octanol–water partition coefficient (Wildman–Crippen LogP) is 2.37. The van der Waals surface area contributed by atoms with Crippen molar-refractivity contribution in [3.63, 3.8) is 0 Å². The first kappa shape index (κ1) is 18.4. The lowest BCUT2D eigenvalue weighted by atomic mass is 10.1. The van der Waals surface area contributed by atoms with Gasteiger partial charge in [-0.05, 0) is 52.7 Å². The first-order valence-corrected chi connectivity index (χ1v) is 9.27. The molecule has 0 spiro atoms. The molecule has 1 amide bonds. The van der Waals surface area contributed by atoms with Crippen molar-refractivity contribution >= 4 is 23.5 Å². The summed E-state index contributed by atoms with van der Waals surface area (Å²) in [5.74, 6) is 0.966. The standard InChI is InChI=1S/C17H27N7O2/c1-13(2)26-17(25)20-16-22-21-15-14(19-8-12-24(15)16)18-7-6-11-23-9-4-3-5-10-23/h8,12-13H,3-7,9-11H2,1-2H3,(H,18,19)(H,20,22,25). The Hall–Kier alpha value is -2.42. The SMILES string of the molecule is CC(C)OC(=O)Nc1nnc2c(NCCCN3CCCCC3)nccn12. The fraction of sp³-hybridized carbons (Fsp3) is 0.647. The number of aromatic nitrogens is 4. The Morgan fingerprint density at radius 3 is 2.85 bits per heavy atom. The molecular formula is C17H27N7O2. The van der Waals surface area contributed by atoms with Crippen LogP contribution in [0.25, 0.3) is 5.65 Å². The van der Waals surface area contributed by atoms with Crippen LogP contribution in [0.2, 0.25) is 0 Å². The second kappa shape index (κ2) is 8.79. The van der Waals surface area contributed by atoms with E-state index in [4.69, 9.17) is 4.74 Å². The van der Waals surface area contributed by atoms with E-state index in [-0.39, 0.29) is 6.10 Å². The number of hydrogen-bond donors (Lipinski definition) is 2. The second-order valence-corrected chi connectivity index (χ2v) is 6.75. The molecule has 9 nitrogen and oxygen atoms in total. The number of fused-ring (bicyclic) bond motifs is 1. The van der Waals surface area contributed by atoms with Gasteiger partial charge >= 0.3 is 6.09 Å². The van der Waals surface area contributed by atoms with E-state index in [1.807, 2.05) is 0 Å². The molecule has 1 aliphatic heterocycles. The van der Waals surface area contributed by atoms with Gasteiger partial charge in [-0.1, -0.05) is 6.42 Å². The zero-order valence-corrected chi connectivity index (χ0v) is 15.4. The molecular weight excluding hydrogens is 334 g/mol. The van der Waals surface area contributed by atoms with Crippen LogP contribution < -0.4 is 10.6 Å². The number of likely N-dealkylation sites (tertiary alicyclic amines) is 1. The summed E-state index contributed by atoms with van der Waals surface area (Å²) in [5, 5.41) is 14.1. The molecule has 2 aromatic heterocycles. The molecule has 0 radical (unpaired) electrons. The van der Waals surface area contributed by atoms with Crippen LogP contribution in [0.5, 0.6) is 0 Å². The van der Waals surface area contributed by atoms with Gasteiger partial charge in [0.2, 0.25) is 11.6 Å². The van der Waals surface area contributed by atoms with E-state index in [1.165, 1.54) is 32.4 Å². The Bertz CT molecular complexity index is 725. The highest BCUT2D eigenvalue weighted by Gasteiger charge is 2.14. The number of ether oxygens (including phenoxy) is 1. The average molecular weight is 361 g/mol. The molecule has 0 saturated carbocycles. The van der Waals surface area contributed by atoms with Crippen LogP contribution in [0.1, 0.15) is 39.5 Å². The molecule has 0 atom stereocenters. The van der Waals surface area contributed by atoms with Crippen LogP contribution in [0.15, 0.2) is 12.4 Å². The first-order chi connectivity index (χ1) is 12.6. The fourth-order valence-corrected chi connectivity index (χ4v) is 3.06. The molecule has 0 unspecified atom stereocenters. The van der Waals surface area contributed by atoms with E-state index in [1.54, 1.807) is 30.6 Å². The van der Waals surface area contributed by atoms with Crippen LogP contribution in [-0.2, 0) is 4.74 Å². The number of nitrogens with one attached hydrogen (secondary N) is 2. The minimum absolute atomic E-state index is 0.201. The van der Waals surface area contributed by atoms with Crippen molar-refractivity contribution in [1.82, 2.24) is 24.5 Å². The monoisotopic (exact) mass is 361 g/mol. The molecule has 2 aromatic rings. The van der Waals surface area contributed by atoms with Gasteiger partial charge in [-0.25, -0.2) is 9.78 Å². The van der Waals surface area contributed by atoms with Crippen molar-refractivity contribution in [1.29, 1.82) is 0 Å². The van der Waals surface area contributed by atoms with Gasteiger partial charge in [0.25, 0.3) is 0 Å². The van der Waals surface area contributed by atoms with Crippen molar-refractivity contribution < 1.29 is 9.53 Å². The minimum atomic E-state index is -0.554. The summed E-state index contributed by atoms with van der Waals surface area (Å²) in [6.07, 6.45) is 7.63. The molecule has 26 heavy (non-hydrogen) atoms. The summed E-state index contributed by atoms with van der Waals surface area (Å²) in [6.45, 7) is 7.90. The second-order valence-electron chi connectivity index (χ2n) is 6.75. The zero-order chi connectivity index (χ0) is 18.4. The van der Waals surface area contributed by atoms with Crippen LogP contribution >= 0.6 is 0 Å². The van der Waals surface area contributed by atoms with Crippen molar-refractivity contribution in [2.45, 2.75) is 45.6 Å². The summed E-state index contributed by atoms with van der Waals surface area (Å²) in [7, 11) is 0. The van der Waals surface area contributed by atoms with Crippen LogP contribution in [-0.4, -0.2) is 62.9 Å². The average Bonchev–Trinajstić information content (AvgIpc) is 3.02. The Morgan fingerprint density at radius 2 is 2.08 bits per heavy atom. The maximum absolute atomic E-state index is 11.8. The number of anilines is 2. The number of piperidine rings is 1. The van der Waals surface area contributed by atoms with Gasteiger partial charge in [-0.2, -0.15) is 0 Å². The molecule has 3 heterocycles. The highest BCUT2D eigenvalue weighted by atomic mass is 16.6. The summed E-state index contributed by atoms with van der Waals surface area (Å²) in [5.41, 5.74) is 0.574. The molecule has 1 aliphatic rings. The highest BCUT2D eigenvalue weighted by Crippen LogP contribution is 2.15. The Balaban J connectivity index is 1.56. The third-order valence-corrected chi connectivity index (χ3v) is 4.28. The summed E-state index contributed by atoms with van der Waals surface area (Å²) < 4.78 is 6.75. The molecule has 142 valence electrons.